The van der Waals surface area contributed by atoms with E-state index in [0.29, 0.717) is 16.5 Å². The van der Waals surface area contributed by atoms with Crippen molar-refractivity contribution >= 4 is 28.5 Å². The lowest BCUT2D eigenvalue weighted by atomic mass is 9.63. The van der Waals surface area contributed by atoms with Crippen molar-refractivity contribution in [2.75, 3.05) is 5.32 Å². The second-order valence-corrected chi connectivity index (χ2v) is 9.28. The zero-order valence-electron chi connectivity index (χ0n) is 15.5. The summed E-state index contributed by atoms with van der Waals surface area (Å²) >= 11 is 6.54. The second kappa shape index (κ2) is 4.31. The Morgan fingerprint density at radius 3 is 2.74 bits per heavy atom. The van der Waals surface area contributed by atoms with Crippen LogP contribution in [0.25, 0.3) is 22.6 Å². The topological polar surface area (TPSA) is 91.6 Å². The van der Waals surface area contributed by atoms with Crippen molar-refractivity contribution in [3.63, 3.8) is 0 Å². The van der Waals surface area contributed by atoms with E-state index in [0.717, 1.165) is 36.0 Å². The van der Waals surface area contributed by atoms with Gasteiger partial charge in [-0.1, -0.05) is 25.4 Å². The summed E-state index contributed by atoms with van der Waals surface area (Å²) in [5.41, 5.74) is 2.35. The van der Waals surface area contributed by atoms with E-state index in [9.17, 15) is 5.11 Å². The summed E-state index contributed by atoms with van der Waals surface area (Å²) in [4.78, 5) is 12.4. The van der Waals surface area contributed by atoms with Crippen molar-refractivity contribution in [2.24, 2.45) is 17.9 Å². The van der Waals surface area contributed by atoms with Gasteiger partial charge in [0, 0.05) is 36.0 Å². The van der Waals surface area contributed by atoms with Crippen molar-refractivity contribution in [1.29, 1.82) is 0 Å². The van der Waals surface area contributed by atoms with Gasteiger partial charge in [-0.05, 0) is 12.8 Å². The lowest BCUT2D eigenvalue weighted by molar-refractivity contribution is -0.0496. The van der Waals surface area contributed by atoms with Crippen LogP contribution in [0.3, 0.4) is 0 Å². The fraction of sp³-hybridized carbons (Fsp3) is 0.526. The third-order valence-corrected chi connectivity index (χ3v) is 8.45. The summed E-state index contributed by atoms with van der Waals surface area (Å²) < 4.78 is 1.74. The lowest BCUT2D eigenvalue weighted by Crippen LogP contribution is -2.60. The Hall–Kier alpha value is -2.12. The van der Waals surface area contributed by atoms with E-state index in [4.69, 9.17) is 11.6 Å². The molecule has 3 aromatic heterocycles. The van der Waals surface area contributed by atoms with Crippen LogP contribution in [0.2, 0.25) is 5.02 Å². The maximum absolute atomic E-state index is 11.0. The minimum Gasteiger partial charge on any atom is -0.389 e. The van der Waals surface area contributed by atoms with Gasteiger partial charge in [-0.3, -0.25) is 4.68 Å². The number of rotatable bonds is 3. The summed E-state index contributed by atoms with van der Waals surface area (Å²) in [5, 5.41) is 19.5. The molecule has 0 bridgehead atoms. The lowest BCUT2D eigenvalue weighted by Gasteiger charge is -2.51. The number of anilines is 1. The molecule has 4 atom stereocenters. The van der Waals surface area contributed by atoms with Crippen LogP contribution < -0.4 is 5.32 Å². The SMILES string of the molecule is Cn1cc(-c2nc3ncc(Cl)c(NC45CCC6(C)C(O)(C4)C56C)c3[nH]2)cn1. The Labute approximate surface area is 161 Å². The predicted octanol–water partition coefficient (Wildman–Crippen LogP) is 3.12. The van der Waals surface area contributed by atoms with E-state index < -0.39 is 5.60 Å². The van der Waals surface area contributed by atoms with E-state index in [-0.39, 0.29) is 16.4 Å². The van der Waals surface area contributed by atoms with Crippen LogP contribution in [-0.2, 0) is 7.05 Å². The fourth-order valence-electron chi connectivity index (χ4n) is 6.32. The first-order valence-electron chi connectivity index (χ1n) is 9.29. The third-order valence-electron chi connectivity index (χ3n) is 8.16. The Kier molecular flexibility index (Phi) is 2.53. The van der Waals surface area contributed by atoms with Crippen molar-refractivity contribution in [1.82, 2.24) is 24.7 Å². The van der Waals surface area contributed by atoms with E-state index in [2.05, 4.69) is 39.2 Å². The van der Waals surface area contributed by atoms with Crippen LogP contribution in [0.5, 0.6) is 0 Å². The quantitative estimate of drug-likeness (QED) is 0.645. The molecule has 4 unspecified atom stereocenters. The molecule has 3 aliphatic rings. The Morgan fingerprint density at radius 2 is 2.11 bits per heavy atom. The maximum atomic E-state index is 11.0. The molecular weight excluding hydrogens is 364 g/mol. The zero-order chi connectivity index (χ0) is 18.8. The van der Waals surface area contributed by atoms with E-state index in [1.54, 1.807) is 17.1 Å². The van der Waals surface area contributed by atoms with Gasteiger partial charge in [0.25, 0.3) is 0 Å². The minimum atomic E-state index is -0.543. The van der Waals surface area contributed by atoms with Gasteiger partial charge in [-0.15, -0.1) is 0 Å². The Balaban J connectivity index is 1.45. The number of pyridine rings is 1. The Bertz CT molecular complexity index is 1140. The van der Waals surface area contributed by atoms with Gasteiger partial charge >= 0.3 is 0 Å². The van der Waals surface area contributed by atoms with Crippen LogP contribution in [0.1, 0.15) is 33.1 Å². The van der Waals surface area contributed by atoms with Gasteiger partial charge in [0.15, 0.2) is 5.65 Å². The number of nitrogens with one attached hydrogen (secondary N) is 2. The first-order valence-corrected chi connectivity index (χ1v) is 9.66. The molecule has 3 aliphatic carbocycles. The van der Waals surface area contributed by atoms with Crippen LogP contribution in [0.15, 0.2) is 18.6 Å². The second-order valence-electron chi connectivity index (χ2n) is 8.87. The molecule has 3 fully saturated rings. The maximum Gasteiger partial charge on any atom is 0.180 e. The van der Waals surface area contributed by atoms with Gasteiger partial charge in [0.2, 0.25) is 0 Å². The first kappa shape index (κ1) is 15.9. The molecule has 3 saturated carbocycles. The standard InChI is InChI=1S/C19H21ClN6O/c1-16-4-5-18(9-19(16,27)17(16,18)2)25-12-11(20)7-21-15-13(12)23-14(24-15)10-6-22-26(3)8-10/h6-8,27H,4-5,9H2,1-3H3,(H2,21,23,24,25). The highest BCUT2D eigenvalue weighted by molar-refractivity contribution is 6.34. The van der Waals surface area contributed by atoms with Crippen LogP contribution in [0.4, 0.5) is 5.69 Å². The fourth-order valence-corrected chi connectivity index (χ4v) is 6.51. The molecule has 0 saturated heterocycles. The van der Waals surface area contributed by atoms with Crippen molar-refractivity contribution in [3.05, 3.63) is 23.6 Å². The molecule has 3 N–H and O–H groups in total. The average Bonchev–Trinajstić information content (AvgIpc) is 3.18. The summed E-state index contributed by atoms with van der Waals surface area (Å²) in [6.45, 7) is 4.42. The predicted molar refractivity (Wildman–Crippen MR) is 102 cm³/mol. The van der Waals surface area contributed by atoms with Crippen LogP contribution in [-0.4, -0.2) is 41.0 Å². The molecule has 0 aromatic carbocycles. The normalized spacial score (nSPS) is 38.7. The monoisotopic (exact) mass is 384 g/mol. The third kappa shape index (κ3) is 1.48. The van der Waals surface area contributed by atoms with Crippen LogP contribution >= 0.6 is 11.6 Å². The number of H-pyrrole nitrogens is 1. The molecule has 140 valence electrons. The van der Waals surface area contributed by atoms with Crippen molar-refractivity contribution in [3.8, 4) is 11.4 Å². The number of nitrogens with zero attached hydrogens (tertiary/aromatic N) is 4. The van der Waals surface area contributed by atoms with Gasteiger partial charge < -0.3 is 15.4 Å². The number of aromatic amines is 1. The summed E-state index contributed by atoms with van der Waals surface area (Å²) in [7, 11) is 1.87. The number of hydrogen-bond donors (Lipinski definition) is 3. The van der Waals surface area contributed by atoms with Gasteiger partial charge in [-0.25, -0.2) is 9.97 Å². The van der Waals surface area contributed by atoms with Gasteiger partial charge in [0.05, 0.1) is 34.3 Å². The van der Waals surface area contributed by atoms with Crippen LogP contribution in [0, 0.1) is 10.8 Å². The Morgan fingerprint density at radius 1 is 1.30 bits per heavy atom. The molecule has 0 amide bonds. The zero-order valence-corrected chi connectivity index (χ0v) is 16.2. The number of fused-ring (bicyclic) bond motifs is 2. The highest BCUT2D eigenvalue weighted by Crippen LogP contribution is 2.93. The minimum absolute atomic E-state index is 0.000472. The molecule has 7 nitrogen and oxygen atoms in total. The van der Waals surface area contributed by atoms with E-state index in [1.807, 2.05) is 13.2 Å². The number of halogens is 1. The summed E-state index contributed by atoms with van der Waals surface area (Å²) in [5.74, 6) is 0.715. The smallest absolute Gasteiger partial charge is 0.180 e. The molecule has 6 rings (SSSR count). The number of aryl methyl sites for hydroxylation is 1. The molecule has 0 aliphatic heterocycles. The largest absolute Gasteiger partial charge is 0.389 e. The number of hydrogen-bond acceptors (Lipinski definition) is 5. The van der Waals surface area contributed by atoms with Crippen molar-refractivity contribution in [2.45, 2.75) is 44.2 Å². The molecule has 0 spiro atoms. The van der Waals surface area contributed by atoms with E-state index in [1.165, 1.54) is 0 Å². The first-order chi connectivity index (χ1) is 12.7. The molecular formula is C19H21ClN6O. The molecule has 3 aromatic rings. The summed E-state index contributed by atoms with van der Waals surface area (Å²) in [6, 6.07) is 0. The van der Waals surface area contributed by atoms with Crippen molar-refractivity contribution < 1.29 is 5.11 Å². The van der Waals surface area contributed by atoms with Gasteiger partial charge in [-0.2, -0.15) is 5.10 Å². The molecule has 27 heavy (non-hydrogen) atoms. The molecule has 3 heterocycles. The number of aromatic nitrogens is 5. The molecule has 0 radical (unpaired) electrons. The highest BCUT2D eigenvalue weighted by Gasteiger charge is 2.98. The number of imidazole rings is 1. The average molecular weight is 385 g/mol. The molecule has 8 heteroatoms. The van der Waals surface area contributed by atoms with E-state index >= 15 is 0 Å². The van der Waals surface area contributed by atoms with Gasteiger partial charge in [0.1, 0.15) is 11.3 Å². The summed E-state index contributed by atoms with van der Waals surface area (Å²) in [6.07, 6.45) is 8.14. The highest BCUT2D eigenvalue weighted by atomic mass is 35.5. The number of aliphatic hydroxyl groups is 1.